The van der Waals surface area contributed by atoms with Crippen molar-refractivity contribution < 1.29 is 0 Å². The van der Waals surface area contributed by atoms with Gasteiger partial charge in [0.2, 0.25) is 0 Å². The van der Waals surface area contributed by atoms with E-state index in [0.717, 1.165) is 0 Å². The Hall–Kier alpha value is -0.490. The molecule has 0 aromatic rings. The molecule has 0 aliphatic carbocycles. The SMILES string of the molecule is [CH]=CC=CC=CCl. The monoisotopic (exact) mass is 113 g/mol. The smallest absolute Gasteiger partial charge is 0.00424 e. The van der Waals surface area contributed by atoms with Crippen LogP contribution in [0.15, 0.2) is 29.8 Å². The van der Waals surface area contributed by atoms with Crippen LogP contribution in [0, 0.1) is 6.58 Å². The molecule has 0 aliphatic rings. The van der Waals surface area contributed by atoms with Crippen molar-refractivity contribution in [2.75, 3.05) is 0 Å². The molecular weight excluding hydrogens is 108 g/mol. The maximum Gasteiger partial charge on any atom is 0.00424 e. The van der Waals surface area contributed by atoms with E-state index in [1.807, 2.05) is 0 Å². The van der Waals surface area contributed by atoms with Crippen LogP contribution in [-0.4, -0.2) is 0 Å². The average molecular weight is 114 g/mol. The summed E-state index contributed by atoms with van der Waals surface area (Å²) in [6.07, 6.45) is 6.56. The van der Waals surface area contributed by atoms with Gasteiger partial charge < -0.3 is 0 Å². The second-order valence-electron chi connectivity index (χ2n) is 0.896. The van der Waals surface area contributed by atoms with E-state index in [0.29, 0.717) is 0 Å². The maximum absolute atomic E-state index is 5.15. The normalized spacial score (nSPS) is 11.0. The molecule has 0 aromatic carbocycles. The summed E-state index contributed by atoms with van der Waals surface area (Å²) in [5, 5.41) is 0. The fourth-order valence-electron chi connectivity index (χ4n) is 0.170. The molecule has 0 saturated carbocycles. The number of hydrogen-bond donors (Lipinski definition) is 0. The summed E-state index contributed by atoms with van der Waals surface area (Å²) in [7, 11) is 0. The van der Waals surface area contributed by atoms with Crippen molar-refractivity contribution in [2.45, 2.75) is 0 Å². The Labute approximate surface area is 48.8 Å². The van der Waals surface area contributed by atoms with Crippen molar-refractivity contribution >= 4 is 11.6 Å². The molecule has 0 N–H and O–H groups in total. The van der Waals surface area contributed by atoms with Crippen molar-refractivity contribution in [3.05, 3.63) is 36.4 Å². The second kappa shape index (κ2) is 5.51. The Bertz CT molecular complexity index is 90.4. The molecular formula is C6H6Cl. The van der Waals surface area contributed by atoms with Crippen molar-refractivity contribution in [2.24, 2.45) is 0 Å². The van der Waals surface area contributed by atoms with Gasteiger partial charge in [-0.2, -0.15) is 0 Å². The van der Waals surface area contributed by atoms with E-state index in [9.17, 15) is 0 Å². The highest BCUT2D eigenvalue weighted by molar-refractivity contribution is 6.25. The van der Waals surface area contributed by atoms with Gasteiger partial charge in [-0.15, -0.1) is 0 Å². The zero-order valence-electron chi connectivity index (χ0n) is 3.84. The second-order valence-corrected chi connectivity index (χ2v) is 1.15. The lowest BCUT2D eigenvalue weighted by atomic mass is 10.5. The van der Waals surface area contributed by atoms with Crippen LogP contribution >= 0.6 is 11.6 Å². The number of allylic oxidation sites excluding steroid dienone is 4. The molecule has 0 rings (SSSR count). The summed E-state index contributed by atoms with van der Waals surface area (Å²) < 4.78 is 0. The standard InChI is InChI=1S/C6H6Cl/c1-2-3-4-5-6-7/h1-6H. The number of halogens is 1. The van der Waals surface area contributed by atoms with Crippen molar-refractivity contribution in [1.82, 2.24) is 0 Å². The fourth-order valence-corrected chi connectivity index (χ4v) is 0.254. The van der Waals surface area contributed by atoms with E-state index in [2.05, 4.69) is 0 Å². The molecule has 1 heteroatoms. The molecule has 0 fully saturated rings. The van der Waals surface area contributed by atoms with E-state index in [1.165, 1.54) is 11.6 Å². The Balaban J connectivity index is 3.27. The Morgan fingerprint density at radius 1 is 1.14 bits per heavy atom. The third-order valence-corrected chi connectivity index (χ3v) is 0.552. The molecule has 0 amide bonds. The van der Waals surface area contributed by atoms with Gasteiger partial charge in [0.05, 0.1) is 0 Å². The molecule has 0 spiro atoms. The summed E-state index contributed by atoms with van der Waals surface area (Å²) >= 11 is 5.15. The minimum absolute atomic E-state index is 1.42. The molecule has 7 heavy (non-hydrogen) atoms. The zero-order chi connectivity index (χ0) is 5.54. The average Bonchev–Trinajstić information content (AvgIpc) is 1.69. The van der Waals surface area contributed by atoms with Crippen molar-refractivity contribution in [1.29, 1.82) is 0 Å². The molecule has 0 saturated heterocycles. The van der Waals surface area contributed by atoms with Gasteiger partial charge in [0.25, 0.3) is 0 Å². The van der Waals surface area contributed by atoms with Gasteiger partial charge in [0.15, 0.2) is 0 Å². The van der Waals surface area contributed by atoms with Crippen LogP contribution in [0.5, 0.6) is 0 Å². The molecule has 0 bridgehead atoms. The highest BCUT2D eigenvalue weighted by Gasteiger charge is 1.53. The van der Waals surface area contributed by atoms with E-state index < -0.39 is 0 Å². The zero-order valence-corrected chi connectivity index (χ0v) is 4.60. The minimum Gasteiger partial charge on any atom is -0.0930 e. The number of rotatable bonds is 2. The first kappa shape index (κ1) is 6.51. The predicted molar refractivity (Wildman–Crippen MR) is 33.0 cm³/mol. The quantitative estimate of drug-likeness (QED) is 0.482. The summed E-state index contributed by atoms with van der Waals surface area (Å²) in [6.45, 7) is 4.98. The highest BCUT2D eigenvalue weighted by atomic mass is 35.5. The lowest BCUT2D eigenvalue weighted by Gasteiger charge is -1.63. The maximum atomic E-state index is 5.15. The molecule has 0 nitrogen and oxygen atoms in total. The van der Waals surface area contributed by atoms with Gasteiger partial charge in [0.1, 0.15) is 0 Å². The lowest BCUT2D eigenvalue weighted by Crippen LogP contribution is -1.41. The minimum atomic E-state index is 1.42. The third kappa shape index (κ3) is 5.51. The Morgan fingerprint density at radius 3 is 2.29 bits per heavy atom. The van der Waals surface area contributed by atoms with Gasteiger partial charge in [-0.3, -0.25) is 0 Å². The van der Waals surface area contributed by atoms with Crippen LogP contribution in [0.2, 0.25) is 0 Å². The molecule has 0 atom stereocenters. The van der Waals surface area contributed by atoms with Crippen LogP contribution < -0.4 is 0 Å². The molecule has 37 valence electrons. The van der Waals surface area contributed by atoms with E-state index in [4.69, 9.17) is 18.2 Å². The summed E-state index contributed by atoms with van der Waals surface area (Å²) in [4.78, 5) is 0. The third-order valence-electron chi connectivity index (χ3n) is 0.406. The fraction of sp³-hybridized carbons (Fsp3) is 0. The van der Waals surface area contributed by atoms with Gasteiger partial charge in [-0.05, 0) is 0 Å². The van der Waals surface area contributed by atoms with E-state index in [1.54, 1.807) is 18.2 Å². The van der Waals surface area contributed by atoms with Crippen LogP contribution in [0.3, 0.4) is 0 Å². The van der Waals surface area contributed by atoms with Crippen LogP contribution in [-0.2, 0) is 0 Å². The summed E-state index contributed by atoms with van der Waals surface area (Å²) in [6, 6.07) is 0. The molecule has 0 aliphatic heterocycles. The molecule has 1 radical (unpaired) electrons. The van der Waals surface area contributed by atoms with Crippen molar-refractivity contribution in [3.63, 3.8) is 0 Å². The first-order valence-electron chi connectivity index (χ1n) is 1.88. The molecule has 0 heterocycles. The Morgan fingerprint density at radius 2 is 1.86 bits per heavy atom. The first-order valence-corrected chi connectivity index (χ1v) is 2.32. The van der Waals surface area contributed by atoms with Gasteiger partial charge in [-0.25, -0.2) is 0 Å². The largest absolute Gasteiger partial charge is 0.0930 e. The summed E-state index contributed by atoms with van der Waals surface area (Å²) in [5.41, 5.74) is 1.42. The highest BCUT2D eigenvalue weighted by Crippen LogP contribution is 1.79. The van der Waals surface area contributed by atoms with Crippen LogP contribution in [0.4, 0.5) is 0 Å². The number of hydrogen-bond acceptors (Lipinski definition) is 0. The van der Waals surface area contributed by atoms with Gasteiger partial charge in [0, 0.05) is 5.54 Å². The van der Waals surface area contributed by atoms with E-state index >= 15 is 0 Å². The van der Waals surface area contributed by atoms with Gasteiger partial charge >= 0.3 is 0 Å². The molecule has 0 aromatic heterocycles. The van der Waals surface area contributed by atoms with E-state index in [-0.39, 0.29) is 0 Å². The topological polar surface area (TPSA) is 0 Å². The Kier molecular flexibility index (Phi) is 5.12. The van der Waals surface area contributed by atoms with Crippen LogP contribution in [0.1, 0.15) is 0 Å². The predicted octanol–water partition coefficient (Wildman–Crippen LogP) is 2.28. The lowest BCUT2D eigenvalue weighted by molar-refractivity contribution is 1.95. The summed E-state index contributed by atoms with van der Waals surface area (Å²) in [5.74, 6) is 0. The first-order chi connectivity index (χ1) is 3.41. The molecule has 0 unspecified atom stereocenters. The van der Waals surface area contributed by atoms with Gasteiger partial charge in [-0.1, -0.05) is 42.5 Å². The van der Waals surface area contributed by atoms with Crippen molar-refractivity contribution in [3.8, 4) is 0 Å². The van der Waals surface area contributed by atoms with Crippen LogP contribution in [0.25, 0.3) is 0 Å².